The van der Waals surface area contributed by atoms with Crippen molar-refractivity contribution < 1.29 is 9.59 Å². The average Bonchev–Trinajstić information content (AvgIpc) is 2.95. The smallest absolute Gasteiger partial charge is 0.251 e. The quantitative estimate of drug-likeness (QED) is 0.918. The highest BCUT2D eigenvalue weighted by Crippen LogP contribution is 2.47. The van der Waals surface area contributed by atoms with E-state index in [-0.39, 0.29) is 23.3 Å². The Bertz CT molecular complexity index is 546. The first kappa shape index (κ1) is 14.0. The fourth-order valence-electron chi connectivity index (χ4n) is 3.88. The highest BCUT2D eigenvalue weighted by atomic mass is 16.2. The molecule has 1 aromatic heterocycles. The molecule has 3 rings (SSSR count). The van der Waals surface area contributed by atoms with E-state index < -0.39 is 0 Å². The molecule has 1 saturated heterocycles. The Morgan fingerprint density at radius 3 is 2.95 bits per heavy atom. The summed E-state index contributed by atoms with van der Waals surface area (Å²) in [5.74, 6) is 0.176. The number of likely N-dealkylation sites (tertiary alicyclic amines) is 1. The molecule has 0 spiro atoms. The topological polar surface area (TPSA) is 62.3 Å². The lowest BCUT2D eigenvalue weighted by Gasteiger charge is -2.44. The van der Waals surface area contributed by atoms with Gasteiger partial charge in [-0.2, -0.15) is 0 Å². The van der Waals surface area contributed by atoms with E-state index in [1.54, 1.807) is 24.5 Å². The van der Waals surface area contributed by atoms with Crippen LogP contribution in [0.25, 0.3) is 0 Å². The lowest BCUT2D eigenvalue weighted by atomic mass is 9.74. The summed E-state index contributed by atoms with van der Waals surface area (Å²) in [7, 11) is 1.90. The summed E-state index contributed by atoms with van der Waals surface area (Å²) in [5.41, 5.74) is 0.696. The maximum atomic E-state index is 12.2. The molecule has 1 aliphatic heterocycles. The van der Waals surface area contributed by atoms with Crippen molar-refractivity contribution in [2.24, 2.45) is 5.41 Å². The van der Waals surface area contributed by atoms with Crippen LogP contribution >= 0.6 is 0 Å². The second kappa shape index (κ2) is 5.47. The van der Waals surface area contributed by atoms with Gasteiger partial charge in [0.25, 0.3) is 5.91 Å². The van der Waals surface area contributed by atoms with Gasteiger partial charge in [0, 0.05) is 49.4 Å². The van der Waals surface area contributed by atoms with Gasteiger partial charge in [-0.05, 0) is 31.4 Å². The maximum Gasteiger partial charge on any atom is 0.251 e. The number of hydrogen-bond donors (Lipinski definition) is 1. The lowest BCUT2D eigenvalue weighted by molar-refractivity contribution is -0.139. The number of rotatable bonds is 3. The molecule has 0 aromatic carbocycles. The zero-order valence-corrected chi connectivity index (χ0v) is 12.3. The second-order valence-electron chi connectivity index (χ2n) is 6.19. The van der Waals surface area contributed by atoms with Crippen molar-refractivity contribution in [3.63, 3.8) is 0 Å². The first-order valence-corrected chi connectivity index (χ1v) is 7.56. The van der Waals surface area contributed by atoms with E-state index in [1.165, 1.54) is 0 Å². The Morgan fingerprint density at radius 2 is 2.19 bits per heavy atom. The number of piperidine rings is 1. The van der Waals surface area contributed by atoms with Crippen LogP contribution < -0.4 is 5.32 Å². The summed E-state index contributed by atoms with van der Waals surface area (Å²) in [6.07, 6.45) is 8.00. The molecule has 2 amide bonds. The maximum absolute atomic E-state index is 12.2. The number of nitrogens with one attached hydrogen (secondary N) is 1. The van der Waals surface area contributed by atoms with Gasteiger partial charge in [0.1, 0.15) is 0 Å². The van der Waals surface area contributed by atoms with Crippen LogP contribution in [0.1, 0.15) is 42.5 Å². The lowest BCUT2D eigenvalue weighted by Crippen LogP contribution is -2.54. The average molecular weight is 287 g/mol. The molecular weight excluding hydrogens is 266 g/mol. The van der Waals surface area contributed by atoms with Crippen molar-refractivity contribution in [1.29, 1.82) is 0 Å². The van der Waals surface area contributed by atoms with Gasteiger partial charge < -0.3 is 10.2 Å². The summed E-state index contributed by atoms with van der Waals surface area (Å²) < 4.78 is 0. The van der Waals surface area contributed by atoms with E-state index in [0.717, 1.165) is 25.7 Å². The van der Waals surface area contributed by atoms with Gasteiger partial charge in [-0.25, -0.2) is 0 Å². The van der Waals surface area contributed by atoms with E-state index in [1.807, 2.05) is 11.9 Å². The van der Waals surface area contributed by atoms with E-state index in [2.05, 4.69) is 10.3 Å². The predicted molar refractivity (Wildman–Crippen MR) is 78.6 cm³/mol. The van der Waals surface area contributed by atoms with E-state index in [4.69, 9.17) is 0 Å². The molecule has 0 radical (unpaired) electrons. The minimum absolute atomic E-state index is 0.0584. The molecule has 1 N–H and O–H groups in total. The molecule has 2 atom stereocenters. The molecule has 112 valence electrons. The molecule has 2 fully saturated rings. The summed E-state index contributed by atoms with van der Waals surface area (Å²) in [5, 5.41) is 3.06. The molecule has 2 unspecified atom stereocenters. The third-order valence-corrected chi connectivity index (χ3v) is 5.10. The number of carbonyl (C=O) groups excluding carboxylic acids is 2. The number of hydrogen-bond acceptors (Lipinski definition) is 3. The number of amides is 2. The van der Waals surface area contributed by atoms with Gasteiger partial charge in [0.15, 0.2) is 0 Å². The standard InChI is InChI=1S/C16H21N3O2/c1-19-13-3-2-7-16(13,8-4-14(19)20)11-18-15(21)12-5-9-17-10-6-12/h5-6,9-10,13H,2-4,7-8,11H2,1H3,(H,18,21). The largest absolute Gasteiger partial charge is 0.351 e. The molecule has 1 aromatic rings. The zero-order valence-electron chi connectivity index (χ0n) is 12.3. The Balaban J connectivity index is 1.69. The summed E-state index contributed by atoms with van der Waals surface area (Å²) >= 11 is 0. The van der Waals surface area contributed by atoms with Crippen molar-refractivity contribution in [1.82, 2.24) is 15.2 Å². The third kappa shape index (κ3) is 2.52. The van der Waals surface area contributed by atoms with Gasteiger partial charge >= 0.3 is 0 Å². The molecule has 21 heavy (non-hydrogen) atoms. The van der Waals surface area contributed by atoms with Crippen LogP contribution in [0.5, 0.6) is 0 Å². The molecule has 2 aliphatic rings. The van der Waals surface area contributed by atoms with Crippen molar-refractivity contribution in [2.45, 2.75) is 38.1 Å². The van der Waals surface area contributed by atoms with Crippen LogP contribution in [-0.4, -0.2) is 41.3 Å². The Morgan fingerprint density at radius 1 is 1.43 bits per heavy atom. The number of fused-ring (bicyclic) bond motifs is 1. The van der Waals surface area contributed by atoms with Gasteiger partial charge in [-0.15, -0.1) is 0 Å². The fraction of sp³-hybridized carbons (Fsp3) is 0.562. The second-order valence-corrected chi connectivity index (χ2v) is 6.19. The molecule has 5 nitrogen and oxygen atoms in total. The minimum atomic E-state index is -0.0584. The van der Waals surface area contributed by atoms with Gasteiger partial charge in [-0.3, -0.25) is 14.6 Å². The van der Waals surface area contributed by atoms with Crippen LogP contribution in [-0.2, 0) is 4.79 Å². The van der Waals surface area contributed by atoms with Crippen molar-refractivity contribution in [3.8, 4) is 0 Å². The van der Waals surface area contributed by atoms with Crippen LogP contribution in [0.2, 0.25) is 0 Å². The third-order valence-electron chi connectivity index (χ3n) is 5.10. The Kier molecular flexibility index (Phi) is 3.66. The monoisotopic (exact) mass is 287 g/mol. The summed E-state index contributed by atoms with van der Waals surface area (Å²) in [4.78, 5) is 29.9. The van der Waals surface area contributed by atoms with E-state index >= 15 is 0 Å². The number of pyridine rings is 1. The fourth-order valence-corrected chi connectivity index (χ4v) is 3.88. The summed E-state index contributed by atoms with van der Waals surface area (Å²) in [6.45, 7) is 0.649. The molecule has 5 heteroatoms. The van der Waals surface area contributed by atoms with Gasteiger partial charge in [0.05, 0.1) is 0 Å². The van der Waals surface area contributed by atoms with Crippen LogP contribution in [0.3, 0.4) is 0 Å². The molecule has 2 heterocycles. The van der Waals surface area contributed by atoms with E-state index in [9.17, 15) is 9.59 Å². The molecule has 1 aliphatic carbocycles. The normalized spacial score (nSPS) is 28.3. The molecule has 1 saturated carbocycles. The zero-order chi connectivity index (χ0) is 14.9. The van der Waals surface area contributed by atoms with Crippen LogP contribution in [0.15, 0.2) is 24.5 Å². The predicted octanol–water partition coefficient (Wildman–Crippen LogP) is 1.60. The highest BCUT2D eigenvalue weighted by molar-refractivity contribution is 5.94. The van der Waals surface area contributed by atoms with Gasteiger partial charge in [-0.1, -0.05) is 6.42 Å². The Hall–Kier alpha value is -1.91. The molecule has 0 bridgehead atoms. The van der Waals surface area contributed by atoms with Crippen molar-refractivity contribution in [3.05, 3.63) is 30.1 Å². The van der Waals surface area contributed by atoms with Crippen molar-refractivity contribution >= 4 is 11.8 Å². The number of aromatic nitrogens is 1. The van der Waals surface area contributed by atoms with E-state index in [0.29, 0.717) is 18.5 Å². The van der Waals surface area contributed by atoms with Crippen LogP contribution in [0, 0.1) is 5.41 Å². The minimum Gasteiger partial charge on any atom is -0.351 e. The SMILES string of the molecule is CN1C(=O)CCC2(CNC(=O)c3ccncc3)CCCC12. The van der Waals surface area contributed by atoms with Crippen molar-refractivity contribution in [2.75, 3.05) is 13.6 Å². The van der Waals surface area contributed by atoms with Crippen LogP contribution in [0.4, 0.5) is 0 Å². The number of carbonyl (C=O) groups is 2. The Labute approximate surface area is 124 Å². The molecular formula is C16H21N3O2. The first-order valence-electron chi connectivity index (χ1n) is 7.56. The first-order chi connectivity index (χ1) is 10.1. The highest BCUT2D eigenvalue weighted by Gasteiger charge is 2.49. The summed E-state index contributed by atoms with van der Waals surface area (Å²) in [6, 6.07) is 3.71. The number of nitrogens with zero attached hydrogens (tertiary/aromatic N) is 2. The van der Waals surface area contributed by atoms with Gasteiger partial charge in [0.2, 0.25) is 5.91 Å².